The smallest absolute Gasteiger partial charge is 0.270 e. The quantitative estimate of drug-likeness (QED) is 0.542. The van der Waals surface area contributed by atoms with Crippen LogP contribution in [0.15, 0.2) is 56.4 Å². The van der Waals surface area contributed by atoms with Crippen molar-refractivity contribution in [3.05, 3.63) is 74.0 Å². The average Bonchev–Trinajstić information content (AvgIpc) is 3.12. The molecule has 0 fully saturated rings. The van der Waals surface area contributed by atoms with E-state index in [1.165, 1.54) is 26.0 Å². The second kappa shape index (κ2) is 8.78. The normalized spacial score (nSPS) is 11.4. The Hall–Kier alpha value is -2.75. The molecule has 0 aliphatic rings. The summed E-state index contributed by atoms with van der Waals surface area (Å²) >= 11 is 6.72. The maximum absolute atomic E-state index is 13.1. The molecule has 0 aliphatic carbocycles. The molecular formula is C21H19ClN2O5S2. The molecule has 1 amide bonds. The SMILES string of the molecule is CC(=O)c1ccc(NC(=O)Cn2c(C)cc(C)c(S(=O)(=O)c3ccc(Cl)s3)c2=O)cc1. The lowest BCUT2D eigenvalue weighted by molar-refractivity contribution is -0.116. The van der Waals surface area contributed by atoms with Crippen molar-refractivity contribution in [1.29, 1.82) is 0 Å². The molecule has 1 N–H and O–H groups in total. The number of sulfone groups is 1. The number of carbonyl (C=O) groups excluding carboxylic acids is 2. The van der Waals surface area contributed by atoms with E-state index in [-0.39, 0.29) is 21.4 Å². The van der Waals surface area contributed by atoms with Gasteiger partial charge in [-0.1, -0.05) is 11.6 Å². The molecule has 1 aromatic carbocycles. The van der Waals surface area contributed by atoms with Gasteiger partial charge in [0.1, 0.15) is 15.6 Å². The van der Waals surface area contributed by atoms with Gasteiger partial charge in [-0.05, 0) is 68.8 Å². The zero-order chi connectivity index (χ0) is 22.9. The number of hydrogen-bond donors (Lipinski definition) is 1. The summed E-state index contributed by atoms with van der Waals surface area (Å²) in [5, 5.41) is 2.64. The fraction of sp³-hybridized carbons (Fsp3) is 0.190. The highest BCUT2D eigenvalue weighted by molar-refractivity contribution is 7.93. The van der Waals surface area contributed by atoms with Crippen molar-refractivity contribution in [2.45, 2.75) is 36.4 Å². The zero-order valence-corrected chi connectivity index (χ0v) is 19.3. The summed E-state index contributed by atoms with van der Waals surface area (Å²) < 4.78 is 27.4. The number of aryl methyl sites for hydroxylation is 2. The predicted molar refractivity (Wildman–Crippen MR) is 120 cm³/mol. The van der Waals surface area contributed by atoms with E-state index in [0.717, 1.165) is 15.9 Å². The van der Waals surface area contributed by atoms with Gasteiger partial charge >= 0.3 is 0 Å². The summed E-state index contributed by atoms with van der Waals surface area (Å²) in [7, 11) is -4.09. The molecule has 0 unspecified atom stereocenters. The van der Waals surface area contributed by atoms with Crippen molar-refractivity contribution < 1.29 is 18.0 Å². The van der Waals surface area contributed by atoms with Crippen molar-refractivity contribution in [3.8, 4) is 0 Å². The largest absolute Gasteiger partial charge is 0.325 e. The highest BCUT2D eigenvalue weighted by Gasteiger charge is 2.27. The van der Waals surface area contributed by atoms with Gasteiger partial charge in [-0.3, -0.25) is 14.4 Å². The molecule has 0 aliphatic heterocycles. The van der Waals surface area contributed by atoms with E-state index >= 15 is 0 Å². The Morgan fingerprint density at radius 1 is 1.10 bits per heavy atom. The zero-order valence-electron chi connectivity index (χ0n) is 16.9. The predicted octanol–water partition coefficient (Wildman–Crippen LogP) is 3.85. The maximum atomic E-state index is 13.1. The summed E-state index contributed by atoms with van der Waals surface area (Å²) in [6.07, 6.45) is 0. The van der Waals surface area contributed by atoms with Crippen molar-refractivity contribution >= 4 is 50.2 Å². The van der Waals surface area contributed by atoms with Crippen molar-refractivity contribution in [2.75, 3.05) is 5.32 Å². The summed E-state index contributed by atoms with van der Waals surface area (Å²) in [5.41, 5.74) is 0.932. The number of hydrogen-bond acceptors (Lipinski definition) is 6. The van der Waals surface area contributed by atoms with Crippen molar-refractivity contribution in [1.82, 2.24) is 4.57 Å². The van der Waals surface area contributed by atoms with Gasteiger partial charge in [0, 0.05) is 16.9 Å². The van der Waals surface area contributed by atoms with Gasteiger partial charge < -0.3 is 9.88 Å². The summed E-state index contributed by atoms with van der Waals surface area (Å²) in [6.45, 7) is 4.24. The first-order valence-corrected chi connectivity index (χ1v) is 11.8. The van der Waals surface area contributed by atoms with Gasteiger partial charge in [0.2, 0.25) is 15.7 Å². The monoisotopic (exact) mass is 478 g/mol. The number of carbonyl (C=O) groups is 2. The number of nitrogens with zero attached hydrogens (tertiary/aromatic N) is 1. The number of thiophene rings is 1. The number of nitrogens with one attached hydrogen (secondary N) is 1. The van der Waals surface area contributed by atoms with Crippen LogP contribution in [0, 0.1) is 13.8 Å². The number of amides is 1. The van der Waals surface area contributed by atoms with Crippen LogP contribution >= 0.6 is 22.9 Å². The van der Waals surface area contributed by atoms with E-state index in [1.54, 1.807) is 37.3 Å². The number of Topliss-reactive ketones (excluding diaryl/α,β-unsaturated/α-hetero) is 1. The molecule has 0 bridgehead atoms. The van der Waals surface area contributed by atoms with Gasteiger partial charge in [0.15, 0.2) is 5.78 Å². The van der Waals surface area contributed by atoms with Gasteiger partial charge in [-0.25, -0.2) is 8.42 Å². The van der Waals surface area contributed by atoms with E-state index < -0.39 is 21.3 Å². The molecule has 0 atom stereocenters. The van der Waals surface area contributed by atoms with Crippen LogP contribution in [0.3, 0.4) is 0 Å². The van der Waals surface area contributed by atoms with Crippen LogP contribution in [0.2, 0.25) is 4.34 Å². The topological polar surface area (TPSA) is 102 Å². The minimum absolute atomic E-state index is 0.0388. The molecule has 10 heteroatoms. The fourth-order valence-electron chi connectivity index (χ4n) is 3.11. The van der Waals surface area contributed by atoms with Crippen molar-refractivity contribution in [2.24, 2.45) is 0 Å². The minimum Gasteiger partial charge on any atom is -0.325 e. The number of aromatic nitrogens is 1. The summed E-state index contributed by atoms with van der Waals surface area (Å²) in [4.78, 5) is 36.6. The van der Waals surface area contributed by atoms with Crippen molar-refractivity contribution in [3.63, 3.8) is 0 Å². The second-order valence-corrected chi connectivity index (χ2v) is 10.8. The Balaban J connectivity index is 1.93. The van der Waals surface area contributed by atoms with Gasteiger partial charge in [0.25, 0.3) is 5.56 Å². The Kier molecular flexibility index (Phi) is 6.49. The molecule has 0 radical (unpaired) electrons. The Bertz CT molecular complexity index is 1340. The number of anilines is 1. The van der Waals surface area contributed by atoms with E-state index in [0.29, 0.717) is 26.8 Å². The third kappa shape index (κ3) is 4.79. The molecule has 7 nitrogen and oxygen atoms in total. The Labute approximate surface area is 188 Å². The van der Waals surface area contributed by atoms with Crippen LogP contribution < -0.4 is 10.9 Å². The molecule has 0 saturated heterocycles. The standard InChI is InChI=1S/C21H19ClN2O5S2/c1-12-10-13(2)24(11-18(26)23-16-6-4-15(5-7-16)14(3)25)21(27)20(12)31(28,29)19-9-8-17(22)30-19/h4-10H,11H2,1-3H3,(H,23,26). The number of benzene rings is 1. The van der Waals surface area contributed by atoms with Gasteiger partial charge in [-0.15, -0.1) is 11.3 Å². The highest BCUT2D eigenvalue weighted by Crippen LogP contribution is 2.30. The Morgan fingerprint density at radius 3 is 2.29 bits per heavy atom. The molecule has 31 heavy (non-hydrogen) atoms. The van der Waals surface area contributed by atoms with E-state index in [1.807, 2.05) is 0 Å². The van der Waals surface area contributed by atoms with Crippen LogP contribution in [-0.4, -0.2) is 24.7 Å². The second-order valence-electron chi connectivity index (χ2n) is 6.93. The first-order valence-electron chi connectivity index (χ1n) is 9.13. The van der Waals surface area contributed by atoms with E-state index in [9.17, 15) is 22.8 Å². The van der Waals surface area contributed by atoms with E-state index in [2.05, 4.69) is 5.32 Å². The van der Waals surface area contributed by atoms with Gasteiger partial charge in [-0.2, -0.15) is 0 Å². The molecule has 3 rings (SSSR count). The lowest BCUT2D eigenvalue weighted by Crippen LogP contribution is -2.33. The fourth-order valence-corrected chi connectivity index (χ4v) is 6.25. The van der Waals surface area contributed by atoms with Gasteiger partial charge in [0.05, 0.1) is 4.34 Å². The molecule has 3 aromatic rings. The summed E-state index contributed by atoms with van der Waals surface area (Å²) in [6, 6.07) is 10.7. The lowest BCUT2D eigenvalue weighted by Gasteiger charge is -2.14. The van der Waals surface area contributed by atoms with Crippen LogP contribution in [0.5, 0.6) is 0 Å². The molecule has 2 heterocycles. The van der Waals surface area contributed by atoms with Crippen LogP contribution in [0.25, 0.3) is 0 Å². The number of ketones is 1. The number of pyridine rings is 1. The maximum Gasteiger partial charge on any atom is 0.270 e. The summed E-state index contributed by atoms with van der Waals surface area (Å²) in [5.74, 6) is -0.604. The van der Waals surface area contributed by atoms with Crippen LogP contribution in [0.1, 0.15) is 28.5 Å². The first-order chi connectivity index (χ1) is 14.5. The Morgan fingerprint density at radius 2 is 1.74 bits per heavy atom. The minimum atomic E-state index is -4.09. The average molecular weight is 479 g/mol. The first kappa shape index (κ1) is 22.9. The number of halogens is 1. The molecule has 2 aromatic heterocycles. The highest BCUT2D eigenvalue weighted by atomic mass is 35.5. The van der Waals surface area contributed by atoms with E-state index in [4.69, 9.17) is 11.6 Å². The third-order valence-electron chi connectivity index (χ3n) is 4.61. The third-order valence-corrected chi connectivity index (χ3v) is 8.24. The molecule has 162 valence electrons. The molecule has 0 saturated carbocycles. The lowest BCUT2D eigenvalue weighted by atomic mass is 10.1. The molecular weight excluding hydrogens is 460 g/mol. The number of rotatable bonds is 6. The van der Waals surface area contributed by atoms with Crippen LogP contribution in [0.4, 0.5) is 5.69 Å². The molecule has 0 spiro atoms. The van der Waals surface area contributed by atoms with Crippen LogP contribution in [-0.2, 0) is 21.2 Å².